The van der Waals surface area contributed by atoms with E-state index in [2.05, 4.69) is 24.0 Å². The predicted molar refractivity (Wildman–Crippen MR) is 83.8 cm³/mol. The molecule has 20 heavy (non-hydrogen) atoms. The van der Waals surface area contributed by atoms with Crippen LogP contribution in [0.15, 0.2) is 4.52 Å². The standard InChI is InChI=1S/C15H27N3OS/c1-3-12(2)20-10-13-17-14(19-18-13)15(11-16)8-6-4-5-7-9-15/h12H,3-11,16H2,1-2H3. The lowest BCUT2D eigenvalue weighted by Gasteiger charge is -2.26. The van der Waals surface area contributed by atoms with Crippen LogP contribution in [0.25, 0.3) is 0 Å². The molecular formula is C15H27N3OS. The van der Waals surface area contributed by atoms with Gasteiger partial charge in [-0.2, -0.15) is 16.7 Å². The van der Waals surface area contributed by atoms with Crippen molar-refractivity contribution in [2.24, 2.45) is 5.73 Å². The van der Waals surface area contributed by atoms with Crippen LogP contribution in [-0.2, 0) is 11.2 Å². The van der Waals surface area contributed by atoms with Crippen molar-refractivity contribution in [3.63, 3.8) is 0 Å². The van der Waals surface area contributed by atoms with Crippen LogP contribution >= 0.6 is 11.8 Å². The fourth-order valence-corrected chi connectivity index (χ4v) is 3.56. The molecule has 0 bridgehead atoms. The van der Waals surface area contributed by atoms with Gasteiger partial charge in [-0.1, -0.05) is 44.7 Å². The largest absolute Gasteiger partial charge is 0.339 e. The summed E-state index contributed by atoms with van der Waals surface area (Å²) in [5.41, 5.74) is 5.99. The Labute approximate surface area is 126 Å². The zero-order chi connectivity index (χ0) is 14.4. The zero-order valence-corrected chi connectivity index (χ0v) is 13.5. The quantitative estimate of drug-likeness (QED) is 0.812. The van der Waals surface area contributed by atoms with Crippen LogP contribution in [0.3, 0.4) is 0 Å². The first-order valence-electron chi connectivity index (χ1n) is 7.85. The van der Waals surface area contributed by atoms with Crippen molar-refractivity contribution in [1.29, 1.82) is 0 Å². The summed E-state index contributed by atoms with van der Waals surface area (Å²) in [7, 11) is 0. The molecule has 0 radical (unpaired) electrons. The summed E-state index contributed by atoms with van der Waals surface area (Å²) < 4.78 is 5.57. The molecule has 1 unspecified atom stereocenters. The van der Waals surface area contributed by atoms with Gasteiger partial charge >= 0.3 is 0 Å². The Morgan fingerprint density at radius 2 is 2.00 bits per heavy atom. The number of aromatic nitrogens is 2. The van der Waals surface area contributed by atoms with Gasteiger partial charge in [-0.15, -0.1) is 0 Å². The SMILES string of the molecule is CCC(C)SCc1noc(C2(CN)CCCCCC2)n1. The third-order valence-electron chi connectivity index (χ3n) is 4.45. The molecule has 1 aromatic rings. The van der Waals surface area contributed by atoms with Gasteiger partial charge in [0.2, 0.25) is 5.89 Å². The molecule has 1 aliphatic carbocycles. The van der Waals surface area contributed by atoms with E-state index in [0.717, 1.165) is 30.3 Å². The number of nitrogens with two attached hydrogens (primary N) is 1. The second-order valence-electron chi connectivity index (χ2n) is 5.94. The Bertz CT molecular complexity index is 400. The van der Waals surface area contributed by atoms with E-state index >= 15 is 0 Å². The lowest BCUT2D eigenvalue weighted by molar-refractivity contribution is 0.256. The highest BCUT2D eigenvalue weighted by Crippen LogP contribution is 2.36. The maximum absolute atomic E-state index is 6.06. The minimum absolute atomic E-state index is 0.0667. The first-order valence-corrected chi connectivity index (χ1v) is 8.90. The van der Waals surface area contributed by atoms with Crippen molar-refractivity contribution < 1.29 is 4.52 Å². The lowest BCUT2D eigenvalue weighted by Crippen LogP contribution is -2.35. The number of hydrogen-bond acceptors (Lipinski definition) is 5. The van der Waals surface area contributed by atoms with Gasteiger partial charge in [-0.25, -0.2) is 0 Å². The van der Waals surface area contributed by atoms with E-state index in [1.807, 2.05) is 11.8 Å². The average molecular weight is 297 g/mol. The molecule has 4 nitrogen and oxygen atoms in total. The van der Waals surface area contributed by atoms with Gasteiger partial charge in [-0.3, -0.25) is 0 Å². The molecule has 2 rings (SSSR count). The molecule has 0 amide bonds. The first-order chi connectivity index (χ1) is 9.70. The van der Waals surface area contributed by atoms with E-state index in [-0.39, 0.29) is 5.41 Å². The highest BCUT2D eigenvalue weighted by atomic mass is 32.2. The van der Waals surface area contributed by atoms with E-state index in [1.54, 1.807) is 0 Å². The molecule has 1 saturated carbocycles. The molecule has 0 saturated heterocycles. The second kappa shape index (κ2) is 7.46. The molecule has 1 heterocycles. The van der Waals surface area contributed by atoms with Crippen LogP contribution in [0.1, 0.15) is 70.5 Å². The van der Waals surface area contributed by atoms with Crippen LogP contribution in [0.2, 0.25) is 0 Å². The molecule has 114 valence electrons. The van der Waals surface area contributed by atoms with Crippen molar-refractivity contribution >= 4 is 11.8 Å². The number of nitrogens with zero attached hydrogens (tertiary/aromatic N) is 2. The Balaban J connectivity index is 2.05. The highest BCUT2D eigenvalue weighted by Gasteiger charge is 2.37. The summed E-state index contributed by atoms with van der Waals surface area (Å²) in [5, 5.41) is 4.80. The second-order valence-corrected chi connectivity index (χ2v) is 7.37. The van der Waals surface area contributed by atoms with Crippen molar-refractivity contribution in [2.75, 3.05) is 6.54 Å². The van der Waals surface area contributed by atoms with Gasteiger partial charge in [0.1, 0.15) is 0 Å². The van der Waals surface area contributed by atoms with E-state index in [4.69, 9.17) is 10.3 Å². The van der Waals surface area contributed by atoms with Crippen LogP contribution in [0.5, 0.6) is 0 Å². The minimum atomic E-state index is -0.0667. The van der Waals surface area contributed by atoms with Crippen LogP contribution < -0.4 is 5.73 Å². The Kier molecular flexibility index (Phi) is 5.90. The van der Waals surface area contributed by atoms with E-state index in [0.29, 0.717) is 11.8 Å². The molecule has 1 aliphatic rings. The van der Waals surface area contributed by atoms with E-state index in [9.17, 15) is 0 Å². The number of thioether (sulfide) groups is 1. The van der Waals surface area contributed by atoms with Gasteiger partial charge in [-0.05, 0) is 19.3 Å². The highest BCUT2D eigenvalue weighted by molar-refractivity contribution is 7.99. The van der Waals surface area contributed by atoms with Gasteiger partial charge in [0, 0.05) is 11.8 Å². The number of rotatable bonds is 6. The fraction of sp³-hybridized carbons (Fsp3) is 0.867. The molecule has 0 aliphatic heterocycles. The molecule has 1 aromatic heterocycles. The predicted octanol–water partition coefficient (Wildman–Crippen LogP) is 3.65. The molecule has 2 N–H and O–H groups in total. The molecule has 0 spiro atoms. The topological polar surface area (TPSA) is 64.9 Å². The molecule has 5 heteroatoms. The maximum Gasteiger partial charge on any atom is 0.234 e. The van der Waals surface area contributed by atoms with Crippen LogP contribution in [0, 0.1) is 0 Å². The van der Waals surface area contributed by atoms with Gasteiger partial charge in [0.25, 0.3) is 0 Å². The maximum atomic E-state index is 6.06. The fourth-order valence-electron chi connectivity index (χ4n) is 2.77. The first kappa shape index (κ1) is 15.8. The van der Waals surface area contributed by atoms with Gasteiger partial charge in [0.05, 0.1) is 11.2 Å². The van der Waals surface area contributed by atoms with Crippen molar-refractivity contribution in [3.05, 3.63) is 11.7 Å². The Morgan fingerprint density at radius 3 is 2.60 bits per heavy atom. The monoisotopic (exact) mass is 297 g/mol. The Morgan fingerprint density at radius 1 is 1.30 bits per heavy atom. The van der Waals surface area contributed by atoms with E-state index < -0.39 is 0 Å². The average Bonchev–Trinajstić information content (AvgIpc) is 2.82. The molecule has 1 fully saturated rings. The number of hydrogen-bond donors (Lipinski definition) is 1. The lowest BCUT2D eigenvalue weighted by atomic mass is 9.80. The minimum Gasteiger partial charge on any atom is -0.339 e. The third-order valence-corrected chi connectivity index (χ3v) is 5.77. The summed E-state index contributed by atoms with van der Waals surface area (Å²) in [6.07, 6.45) is 8.38. The molecule has 1 atom stereocenters. The summed E-state index contributed by atoms with van der Waals surface area (Å²) in [5.74, 6) is 2.43. The van der Waals surface area contributed by atoms with Crippen LogP contribution in [-0.4, -0.2) is 21.9 Å². The van der Waals surface area contributed by atoms with E-state index in [1.165, 1.54) is 32.1 Å². The summed E-state index contributed by atoms with van der Waals surface area (Å²) >= 11 is 1.88. The van der Waals surface area contributed by atoms with Crippen LogP contribution in [0.4, 0.5) is 0 Å². The van der Waals surface area contributed by atoms with Gasteiger partial charge in [0.15, 0.2) is 5.82 Å². The summed E-state index contributed by atoms with van der Waals surface area (Å²) in [4.78, 5) is 4.65. The smallest absolute Gasteiger partial charge is 0.234 e. The molecule has 0 aromatic carbocycles. The van der Waals surface area contributed by atoms with Crippen molar-refractivity contribution in [1.82, 2.24) is 10.1 Å². The molecular weight excluding hydrogens is 270 g/mol. The Hall–Kier alpha value is -0.550. The summed E-state index contributed by atoms with van der Waals surface area (Å²) in [6.45, 7) is 5.06. The van der Waals surface area contributed by atoms with Crippen molar-refractivity contribution in [2.45, 2.75) is 75.2 Å². The third kappa shape index (κ3) is 3.76. The normalized spacial score (nSPS) is 20.6. The van der Waals surface area contributed by atoms with Crippen molar-refractivity contribution in [3.8, 4) is 0 Å². The van der Waals surface area contributed by atoms with Gasteiger partial charge < -0.3 is 10.3 Å². The zero-order valence-electron chi connectivity index (χ0n) is 12.7. The summed E-state index contributed by atoms with van der Waals surface area (Å²) in [6, 6.07) is 0.